The minimum absolute atomic E-state index is 0.738. The molecule has 0 spiro atoms. The topological polar surface area (TPSA) is 21.3 Å². The fraction of sp³-hybridized carbons (Fsp3) is 1.00. The molecule has 0 radical (unpaired) electrons. The second-order valence-electron chi connectivity index (χ2n) is 6.68. The summed E-state index contributed by atoms with van der Waals surface area (Å²) in [6, 6.07) is 0.738. The van der Waals surface area contributed by atoms with Crippen molar-refractivity contribution in [2.24, 2.45) is 23.7 Å². The van der Waals surface area contributed by atoms with Crippen LogP contribution in [0.2, 0.25) is 0 Å². The highest BCUT2D eigenvalue weighted by molar-refractivity contribution is 4.87. The van der Waals surface area contributed by atoms with Crippen molar-refractivity contribution in [2.45, 2.75) is 58.4 Å². The molecule has 0 bridgehead atoms. The molecule has 0 aromatic carbocycles. The third kappa shape index (κ3) is 3.48. The fourth-order valence-electron chi connectivity index (χ4n) is 4.10. The van der Waals surface area contributed by atoms with Crippen LogP contribution in [0.5, 0.6) is 0 Å². The summed E-state index contributed by atoms with van der Waals surface area (Å²) in [7, 11) is 2.16. The van der Waals surface area contributed by atoms with Crippen LogP contribution in [-0.2, 0) is 4.74 Å². The molecule has 1 N–H and O–H groups in total. The van der Waals surface area contributed by atoms with Gasteiger partial charge in [-0.1, -0.05) is 13.8 Å². The van der Waals surface area contributed by atoms with Gasteiger partial charge in [-0.3, -0.25) is 0 Å². The zero-order valence-corrected chi connectivity index (χ0v) is 12.5. The van der Waals surface area contributed by atoms with Crippen LogP contribution in [0.3, 0.4) is 0 Å². The van der Waals surface area contributed by atoms with Gasteiger partial charge in [0.1, 0.15) is 0 Å². The normalized spacial score (nSPS) is 32.7. The quantitative estimate of drug-likeness (QED) is 0.828. The maximum Gasteiger partial charge on any atom is 0.0469 e. The Bertz CT molecular complexity index is 227. The lowest BCUT2D eigenvalue weighted by Crippen LogP contribution is -2.44. The van der Waals surface area contributed by atoms with Gasteiger partial charge in [0, 0.05) is 19.3 Å². The van der Waals surface area contributed by atoms with E-state index in [4.69, 9.17) is 4.74 Å². The summed E-state index contributed by atoms with van der Waals surface area (Å²) in [4.78, 5) is 0. The zero-order valence-electron chi connectivity index (χ0n) is 12.5. The number of rotatable bonds is 4. The van der Waals surface area contributed by atoms with Crippen LogP contribution in [0, 0.1) is 23.7 Å². The van der Waals surface area contributed by atoms with Gasteiger partial charge in [-0.2, -0.15) is 0 Å². The van der Waals surface area contributed by atoms with E-state index in [0.717, 1.165) is 42.9 Å². The molecule has 106 valence electrons. The highest BCUT2D eigenvalue weighted by Gasteiger charge is 2.33. The third-order valence-corrected chi connectivity index (χ3v) is 5.37. The molecule has 2 rings (SSSR count). The van der Waals surface area contributed by atoms with E-state index >= 15 is 0 Å². The van der Waals surface area contributed by atoms with E-state index in [0.29, 0.717) is 0 Å². The van der Waals surface area contributed by atoms with E-state index in [2.05, 4.69) is 26.2 Å². The van der Waals surface area contributed by atoms with Gasteiger partial charge in [0.15, 0.2) is 0 Å². The van der Waals surface area contributed by atoms with Crippen LogP contribution in [0.15, 0.2) is 0 Å². The molecule has 1 heterocycles. The predicted molar refractivity (Wildman–Crippen MR) is 76.7 cm³/mol. The summed E-state index contributed by atoms with van der Waals surface area (Å²) in [5, 5.41) is 3.63. The number of ether oxygens (including phenoxy) is 1. The predicted octanol–water partition coefficient (Wildman–Crippen LogP) is 3.46. The maximum atomic E-state index is 5.50. The van der Waals surface area contributed by atoms with E-state index < -0.39 is 0 Å². The molecule has 1 saturated heterocycles. The van der Waals surface area contributed by atoms with Gasteiger partial charge in [0.25, 0.3) is 0 Å². The largest absolute Gasteiger partial charge is 0.381 e. The first-order valence-corrected chi connectivity index (χ1v) is 7.97. The van der Waals surface area contributed by atoms with Crippen LogP contribution in [0.4, 0.5) is 0 Å². The average Bonchev–Trinajstić information content (AvgIpc) is 2.41. The van der Waals surface area contributed by atoms with Gasteiger partial charge in [0.05, 0.1) is 0 Å². The van der Waals surface area contributed by atoms with Crippen molar-refractivity contribution in [3.05, 3.63) is 0 Å². The molecule has 1 saturated carbocycles. The van der Waals surface area contributed by atoms with Crippen molar-refractivity contribution in [2.75, 3.05) is 20.3 Å². The fourth-order valence-corrected chi connectivity index (χ4v) is 4.10. The number of nitrogens with one attached hydrogen (secondary N) is 1. The highest BCUT2D eigenvalue weighted by Crippen LogP contribution is 2.37. The van der Waals surface area contributed by atoms with E-state index in [1.165, 1.54) is 38.5 Å². The Morgan fingerprint density at radius 2 is 1.33 bits per heavy atom. The molecular weight excluding hydrogens is 222 g/mol. The minimum atomic E-state index is 0.738. The molecule has 2 heteroatoms. The second kappa shape index (κ2) is 6.91. The first-order valence-electron chi connectivity index (χ1n) is 7.97. The van der Waals surface area contributed by atoms with Crippen LogP contribution in [-0.4, -0.2) is 26.3 Å². The highest BCUT2D eigenvalue weighted by atomic mass is 16.5. The van der Waals surface area contributed by atoms with Gasteiger partial charge in [-0.25, -0.2) is 0 Å². The molecule has 2 aliphatic rings. The molecule has 2 fully saturated rings. The Morgan fingerprint density at radius 1 is 0.833 bits per heavy atom. The third-order valence-electron chi connectivity index (χ3n) is 5.37. The van der Waals surface area contributed by atoms with Crippen molar-refractivity contribution in [3.63, 3.8) is 0 Å². The first-order chi connectivity index (χ1) is 8.72. The molecule has 1 aliphatic carbocycles. The lowest BCUT2D eigenvalue weighted by Gasteiger charge is -2.40. The Balaban J connectivity index is 1.85. The van der Waals surface area contributed by atoms with Gasteiger partial charge >= 0.3 is 0 Å². The van der Waals surface area contributed by atoms with E-state index in [-0.39, 0.29) is 0 Å². The molecule has 1 atom stereocenters. The van der Waals surface area contributed by atoms with E-state index in [1.807, 2.05) is 0 Å². The van der Waals surface area contributed by atoms with Crippen molar-refractivity contribution >= 4 is 0 Å². The summed E-state index contributed by atoms with van der Waals surface area (Å²) < 4.78 is 5.50. The Hall–Kier alpha value is -0.0800. The van der Waals surface area contributed by atoms with Crippen LogP contribution >= 0.6 is 0 Å². The summed E-state index contributed by atoms with van der Waals surface area (Å²) in [6.07, 6.45) is 8.29. The SMILES string of the molecule is CNC(C1CCOCC1)C1CCC(C(C)C)CC1. The minimum Gasteiger partial charge on any atom is -0.381 e. The van der Waals surface area contributed by atoms with Crippen molar-refractivity contribution in [3.8, 4) is 0 Å². The zero-order chi connectivity index (χ0) is 13.0. The summed E-state index contributed by atoms with van der Waals surface area (Å²) >= 11 is 0. The van der Waals surface area contributed by atoms with Crippen molar-refractivity contribution in [1.29, 1.82) is 0 Å². The van der Waals surface area contributed by atoms with Gasteiger partial charge < -0.3 is 10.1 Å². The van der Waals surface area contributed by atoms with Gasteiger partial charge in [0.2, 0.25) is 0 Å². The van der Waals surface area contributed by atoms with Crippen molar-refractivity contribution < 1.29 is 4.74 Å². The summed E-state index contributed by atoms with van der Waals surface area (Å²) in [5.74, 6) is 3.62. The smallest absolute Gasteiger partial charge is 0.0469 e. The van der Waals surface area contributed by atoms with E-state index in [1.54, 1.807) is 0 Å². The molecule has 18 heavy (non-hydrogen) atoms. The average molecular weight is 253 g/mol. The van der Waals surface area contributed by atoms with Crippen LogP contribution < -0.4 is 5.32 Å². The second-order valence-corrected chi connectivity index (χ2v) is 6.68. The molecule has 0 aromatic rings. The molecular formula is C16H31NO. The summed E-state index contributed by atoms with van der Waals surface area (Å²) in [6.45, 7) is 6.73. The Labute approximate surface area is 113 Å². The molecule has 0 amide bonds. The van der Waals surface area contributed by atoms with Gasteiger partial charge in [-0.05, 0) is 69.2 Å². The molecule has 2 nitrogen and oxygen atoms in total. The summed E-state index contributed by atoms with van der Waals surface area (Å²) in [5.41, 5.74) is 0. The molecule has 0 aromatic heterocycles. The molecule has 1 unspecified atom stereocenters. The van der Waals surface area contributed by atoms with Crippen LogP contribution in [0.1, 0.15) is 52.4 Å². The Morgan fingerprint density at radius 3 is 1.83 bits per heavy atom. The number of hydrogen-bond donors (Lipinski definition) is 1. The van der Waals surface area contributed by atoms with Crippen molar-refractivity contribution in [1.82, 2.24) is 5.32 Å². The lowest BCUT2D eigenvalue weighted by atomic mass is 9.71. The first kappa shape index (κ1) is 14.3. The number of hydrogen-bond acceptors (Lipinski definition) is 2. The maximum absolute atomic E-state index is 5.50. The lowest BCUT2D eigenvalue weighted by molar-refractivity contribution is 0.0388. The Kier molecular flexibility index (Phi) is 5.50. The van der Waals surface area contributed by atoms with Gasteiger partial charge in [-0.15, -0.1) is 0 Å². The van der Waals surface area contributed by atoms with Crippen LogP contribution in [0.25, 0.3) is 0 Å². The standard InChI is InChI=1S/C16H31NO/c1-12(2)13-4-6-14(7-5-13)16(17-3)15-8-10-18-11-9-15/h12-17H,4-11H2,1-3H3. The van der Waals surface area contributed by atoms with E-state index in [9.17, 15) is 0 Å². The molecule has 1 aliphatic heterocycles. The monoisotopic (exact) mass is 253 g/mol.